The number of aromatic nitrogens is 4. The first-order valence-electron chi connectivity index (χ1n) is 12.1. The average molecular weight is 544 g/mol. The van der Waals surface area contributed by atoms with Crippen molar-refractivity contribution in [2.45, 2.75) is 44.3 Å². The van der Waals surface area contributed by atoms with Gasteiger partial charge in [-0.15, -0.1) is 5.10 Å². The minimum Gasteiger partial charge on any atom is -0.493 e. The minimum atomic E-state index is -4.55. The summed E-state index contributed by atoms with van der Waals surface area (Å²) in [7, 11) is 0. The first-order chi connectivity index (χ1) is 18.2. The van der Waals surface area contributed by atoms with Crippen molar-refractivity contribution in [2.75, 3.05) is 11.9 Å². The van der Waals surface area contributed by atoms with Gasteiger partial charge in [0.25, 0.3) is 5.56 Å². The summed E-state index contributed by atoms with van der Waals surface area (Å²) in [6.45, 7) is 0.369. The number of amides is 1. The molecule has 4 aromatic rings. The highest BCUT2D eigenvalue weighted by Crippen LogP contribution is 2.37. The zero-order chi connectivity index (χ0) is 26.6. The number of ether oxygens (including phenoxy) is 1. The zero-order valence-electron chi connectivity index (χ0n) is 19.9. The van der Waals surface area contributed by atoms with Crippen molar-refractivity contribution in [2.24, 2.45) is 0 Å². The number of hydrogen-bond donors (Lipinski definition) is 1. The first kappa shape index (κ1) is 24.5. The van der Waals surface area contributed by atoms with Gasteiger partial charge in [0.15, 0.2) is 5.82 Å². The molecule has 1 amide bonds. The SMILES string of the molecule is O=C(Cn1c(C2CCC2)cc(=O)n2nc(-c3ccc4c(c3)CCO4)nc12)Nc1ccc(C(F)(F)F)cc1Cl. The second-order valence-electron chi connectivity index (χ2n) is 9.43. The van der Waals surface area contributed by atoms with Crippen molar-refractivity contribution in [3.05, 3.63) is 74.7 Å². The Morgan fingerprint density at radius 1 is 1.16 bits per heavy atom. The summed E-state index contributed by atoms with van der Waals surface area (Å²) in [4.78, 5) is 30.7. The summed E-state index contributed by atoms with van der Waals surface area (Å²) in [5.74, 6) is 0.912. The van der Waals surface area contributed by atoms with E-state index in [2.05, 4.69) is 15.4 Å². The zero-order valence-corrected chi connectivity index (χ0v) is 20.6. The summed E-state index contributed by atoms with van der Waals surface area (Å²) in [6.07, 6.45) is -1.04. The maximum absolute atomic E-state index is 13.1. The Kier molecular flexibility index (Phi) is 5.90. The molecule has 1 saturated carbocycles. The Bertz CT molecular complexity index is 1640. The number of benzene rings is 2. The monoisotopic (exact) mass is 543 g/mol. The third-order valence-corrected chi connectivity index (χ3v) is 7.28. The van der Waals surface area contributed by atoms with E-state index in [4.69, 9.17) is 16.3 Å². The highest BCUT2D eigenvalue weighted by Gasteiger charge is 2.31. The van der Waals surface area contributed by atoms with Crippen molar-refractivity contribution in [1.82, 2.24) is 19.2 Å². The fourth-order valence-electron chi connectivity index (χ4n) is 4.79. The molecule has 0 saturated heterocycles. The van der Waals surface area contributed by atoms with Crippen molar-refractivity contribution < 1.29 is 22.7 Å². The van der Waals surface area contributed by atoms with Crippen LogP contribution in [-0.4, -0.2) is 31.7 Å². The van der Waals surface area contributed by atoms with Crippen molar-refractivity contribution >= 4 is 29.0 Å². The highest BCUT2D eigenvalue weighted by atomic mass is 35.5. The predicted octanol–water partition coefficient (Wildman–Crippen LogP) is 5.07. The molecule has 8 nitrogen and oxygen atoms in total. The second-order valence-corrected chi connectivity index (χ2v) is 9.84. The normalized spacial score (nSPS) is 15.3. The molecule has 3 heterocycles. The molecular formula is C26H21ClF3N5O3. The number of fused-ring (bicyclic) bond motifs is 2. The van der Waals surface area contributed by atoms with Crippen LogP contribution >= 0.6 is 11.6 Å². The molecule has 2 aromatic heterocycles. The van der Waals surface area contributed by atoms with Crippen molar-refractivity contribution in [3.8, 4) is 17.1 Å². The molecule has 1 fully saturated rings. The summed E-state index contributed by atoms with van der Waals surface area (Å²) >= 11 is 6.02. The van der Waals surface area contributed by atoms with Gasteiger partial charge in [-0.25, -0.2) is 0 Å². The number of nitrogens with one attached hydrogen (secondary N) is 1. The van der Waals surface area contributed by atoms with Crippen LogP contribution in [0.2, 0.25) is 5.02 Å². The van der Waals surface area contributed by atoms with Crippen LogP contribution in [0.5, 0.6) is 5.75 Å². The molecule has 2 aromatic carbocycles. The van der Waals surface area contributed by atoms with Crippen molar-refractivity contribution in [3.63, 3.8) is 0 Å². The largest absolute Gasteiger partial charge is 0.493 e. The van der Waals surface area contributed by atoms with Gasteiger partial charge in [0.2, 0.25) is 11.7 Å². The van der Waals surface area contributed by atoms with Crippen LogP contribution in [0.3, 0.4) is 0 Å². The first-order valence-corrected chi connectivity index (χ1v) is 12.5. The molecule has 0 radical (unpaired) electrons. The Balaban J connectivity index is 1.36. The number of rotatable bonds is 5. The van der Waals surface area contributed by atoms with Crippen molar-refractivity contribution in [1.29, 1.82) is 0 Å². The van der Waals surface area contributed by atoms with Gasteiger partial charge in [-0.1, -0.05) is 18.0 Å². The summed E-state index contributed by atoms with van der Waals surface area (Å²) in [5.41, 5.74) is 1.20. The van der Waals surface area contributed by atoms with Gasteiger partial charge in [0.05, 0.1) is 22.9 Å². The number of carbonyl (C=O) groups excluding carboxylic acids is 1. The number of anilines is 1. The van der Waals surface area contributed by atoms with E-state index in [9.17, 15) is 22.8 Å². The van der Waals surface area contributed by atoms with Crippen LogP contribution in [0, 0.1) is 0 Å². The van der Waals surface area contributed by atoms with E-state index >= 15 is 0 Å². The number of halogens is 4. The minimum absolute atomic E-state index is 0.0504. The van der Waals surface area contributed by atoms with Gasteiger partial charge < -0.3 is 14.6 Å². The molecule has 38 heavy (non-hydrogen) atoms. The number of carbonyl (C=O) groups is 1. The van der Waals surface area contributed by atoms with E-state index < -0.39 is 17.6 Å². The lowest BCUT2D eigenvalue weighted by molar-refractivity contribution is -0.137. The summed E-state index contributed by atoms with van der Waals surface area (Å²) in [5, 5.41) is 6.77. The molecule has 12 heteroatoms. The van der Waals surface area contributed by atoms with E-state index in [0.717, 1.165) is 60.8 Å². The lowest BCUT2D eigenvalue weighted by Crippen LogP contribution is -2.29. The van der Waals surface area contributed by atoms with Crippen LogP contribution in [0.15, 0.2) is 47.3 Å². The van der Waals surface area contributed by atoms with Gasteiger partial charge in [0.1, 0.15) is 12.3 Å². The molecule has 196 valence electrons. The molecule has 0 bridgehead atoms. The van der Waals surface area contributed by atoms with Crippen LogP contribution in [-0.2, 0) is 23.9 Å². The predicted molar refractivity (Wildman–Crippen MR) is 134 cm³/mol. The fraction of sp³-hybridized carbons (Fsp3) is 0.308. The Labute approximate surface area is 219 Å². The van der Waals surface area contributed by atoms with Crippen LogP contribution in [0.1, 0.15) is 42.0 Å². The summed E-state index contributed by atoms with van der Waals surface area (Å²) in [6, 6.07) is 9.80. The van der Waals surface area contributed by atoms with Gasteiger partial charge in [-0.3, -0.25) is 9.59 Å². The van der Waals surface area contributed by atoms with E-state index in [1.807, 2.05) is 18.2 Å². The second kappa shape index (κ2) is 9.16. The third-order valence-electron chi connectivity index (χ3n) is 6.97. The molecular weight excluding hydrogens is 523 g/mol. The highest BCUT2D eigenvalue weighted by molar-refractivity contribution is 6.33. The third kappa shape index (κ3) is 4.40. The quantitative estimate of drug-likeness (QED) is 0.379. The molecule has 0 atom stereocenters. The number of nitrogens with zero attached hydrogens (tertiary/aromatic N) is 4. The maximum Gasteiger partial charge on any atom is 0.416 e. The Hall–Kier alpha value is -3.86. The Morgan fingerprint density at radius 2 is 1.97 bits per heavy atom. The molecule has 1 aliphatic heterocycles. The number of alkyl halides is 3. The maximum atomic E-state index is 13.1. The lowest BCUT2D eigenvalue weighted by Gasteiger charge is -2.28. The fourth-order valence-corrected chi connectivity index (χ4v) is 5.01. The molecule has 2 aliphatic rings. The van der Waals surface area contributed by atoms with E-state index in [1.54, 1.807) is 4.57 Å². The number of hydrogen-bond acceptors (Lipinski definition) is 5. The van der Waals surface area contributed by atoms with Crippen LogP contribution in [0.25, 0.3) is 17.2 Å². The Morgan fingerprint density at radius 3 is 2.68 bits per heavy atom. The van der Waals surface area contributed by atoms with E-state index in [-0.39, 0.29) is 34.5 Å². The molecule has 6 rings (SSSR count). The van der Waals surface area contributed by atoms with Crippen LogP contribution < -0.4 is 15.6 Å². The lowest BCUT2D eigenvalue weighted by atomic mass is 9.82. The van der Waals surface area contributed by atoms with Crippen LogP contribution in [0.4, 0.5) is 18.9 Å². The molecule has 1 N–H and O–H groups in total. The van der Waals surface area contributed by atoms with Gasteiger partial charge in [-0.05, 0) is 60.7 Å². The van der Waals surface area contributed by atoms with Gasteiger partial charge in [-0.2, -0.15) is 22.7 Å². The summed E-state index contributed by atoms with van der Waals surface area (Å²) < 4.78 is 47.3. The molecule has 0 unspecified atom stereocenters. The smallest absolute Gasteiger partial charge is 0.416 e. The average Bonchev–Trinajstić information content (AvgIpc) is 3.48. The van der Waals surface area contributed by atoms with E-state index in [0.29, 0.717) is 18.1 Å². The van der Waals surface area contributed by atoms with Gasteiger partial charge in [0, 0.05) is 23.7 Å². The van der Waals surface area contributed by atoms with Gasteiger partial charge >= 0.3 is 6.18 Å². The standard InChI is InChI=1S/C26H21ClF3N5O3/c27-18-11-17(26(28,29)30)5-6-19(18)31-22(36)13-34-20(14-2-1-3-14)12-23(37)35-25(34)32-24(33-35)16-4-7-21-15(10-16)8-9-38-21/h4-7,10-12,14H,1-3,8-9,13H2,(H,31,36). The molecule has 1 aliphatic carbocycles. The van der Waals surface area contributed by atoms with E-state index in [1.165, 1.54) is 10.6 Å². The molecule has 0 spiro atoms. The topological polar surface area (TPSA) is 90.5 Å².